The van der Waals surface area contributed by atoms with Gasteiger partial charge < -0.3 is 25.6 Å². The summed E-state index contributed by atoms with van der Waals surface area (Å²) in [5.74, 6) is 1.49. The number of hydrogen-bond donors (Lipinski definition) is 3. The zero-order valence-corrected chi connectivity index (χ0v) is 19.6. The third-order valence-corrected chi connectivity index (χ3v) is 4.87. The van der Waals surface area contributed by atoms with Gasteiger partial charge in [0.2, 0.25) is 5.88 Å². The highest BCUT2D eigenvalue weighted by molar-refractivity contribution is 5.99. The summed E-state index contributed by atoms with van der Waals surface area (Å²) in [5, 5.41) is 8.20. The summed E-state index contributed by atoms with van der Waals surface area (Å²) in [7, 11) is 4.03. The first-order valence-electron chi connectivity index (χ1n) is 10.8. The molecule has 0 radical (unpaired) electrons. The molecule has 2 amide bonds. The van der Waals surface area contributed by atoms with Gasteiger partial charge in [0.25, 0.3) is 0 Å². The van der Waals surface area contributed by atoms with Crippen LogP contribution in [0.5, 0.6) is 11.6 Å². The number of rotatable bonds is 9. The van der Waals surface area contributed by atoms with Gasteiger partial charge in [0.15, 0.2) is 0 Å². The number of benzene rings is 2. The predicted molar refractivity (Wildman–Crippen MR) is 129 cm³/mol. The largest absolute Gasteiger partial charge is 0.439 e. The highest BCUT2D eigenvalue weighted by atomic mass is 19.4. The highest BCUT2D eigenvalue weighted by Crippen LogP contribution is 2.33. The number of alkyl halides is 3. The minimum Gasteiger partial charge on any atom is -0.439 e. The van der Waals surface area contributed by atoms with Crippen molar-refractivity contribution < 1.29 is 22.7 Å². The lowest BCUT2D eigenvalue weighted by molar-refractivity contribution is -0.138. The van der Waals surface area contributed by atoms with Crippen molar-refractivity contribution in [2.45, 2.75) is 19.5 Å². The van der Waals surface area contributed by atoms with Crippen LogP contribution < -0.4 is 20.7 Å². The number of amides is 2. The summed E-state index contributed by atoms with van der Waals surface area (Å²) >= 11 is 0. The molecular formula is C24H27F3N6O2. The van der Waals surface area contributed by atoms with Crippen LogP contribution in [0.4, 0.5) is 35.2 Å². The van der Waals surface area contributed by atoms with Crippen molar-refractivity contribution in [1.29, 1.82) is 0 Å². The molecule has 0 unspecified atom stereocenters. The van der Waals surface area contributed by atoms with E-state index in [1.807, 2.05) is 14.1 Å². The fourth-order valence-electron chi connectivity index (χ4n) is 3.13. The lowest BCUT2D eigenvalue weighted by atomic mass is 10.1. The second kappa shape index (κ2) is 11.5. The van der Waals surface area contributed by atoms with Crippen LogP contribution >= 0.6 is 0 Å². The molecule has 0 bridgehead atoms. The number of urea groups is 1. The molecule has 0 saturated heterocycles. The van der Waals surface area contributed by atoms with Gasteiger partial charge in [-0.1, -0.05) is 6.07 Å². The van der Waals surface area contributed by atoms with Gasteiger partial charge in [-0.3, -0.25) is 0 Å². The normalized spacial score (nSPS) is 11.3. The Morgan fingerprint density at radius 3 is 2.37 bits per heavy atom. The van der Waals surface area contributed by atoms with Crippen LogP contribution in [-0.4, -0.2) is 48.1 Å². The van der Waals surface area contributed by atoms with E-state index in [0.29, 0.717) is 23.1 Å². The van der Waals surface area contributed by atoms with E-state index in [9.17, 15) is 18.0 Å². The lowest BCUT2D eigenvalue weighted by Gasteiger charge is -2.13. The van der Waals surface area contributed by atoms with E-state index < -0.39 is 17.8 Å². The van der Waals surface area contributed by atoms with Crippen LogP contribution in [-0.2, 0) is 6.18 Å². The number of nitrogens with zero attached hydrogens (tertiary/aromatic N) is 3. The molecule has 35 heavy (non-hydrogen) atoms. The molecule has 0 spiro atoms. The number of hydrogen-bond acceptors (Lipinski definition) is 6. The smallest absolute Gasteiger partial charge is 0.416 e. The van der Waals surface area contributed by atoms with E-state index in [4.69, 9.17) is 4.74 Å². The van der Waals surface area contributed by atoms with Crippen molar-refractivity contribution in [3.63, 3.8) is 0 Å². The molecule has 0 aliphatic rings. The van der Waals surface area contributed by atoms with Gasteiger partial charge >= 0.3 is 12.2 Å². The maximum absolute atomic E-state index is 13.1. The standard InChI is InChI=1S/C24H27F3N6O2/c1-16-5-6-18(13-20(16)24(25,26)27)32-23(34)31-17-7-9-19(10-8-17)35-22-14-21(29-15-30-22)28-11-4-12-33(2)3/h5-10,13-15H,4,11-12H2,1-3H3,(H,28,29,30)(H2,31,32,34). The molecule has 0 aliphatic carbocycles. The molecule has 0 fully saturated rings. The minimum absolute atomic E-state index is 0.0373. The van der Waals surface area contributed by atoms with Crippen LogP contribution in [0, 0.1) is 6.92 Å². The van der Waals surface area contributed by atoms with E-state index in [1.54, 1.807) is 30.3 Å². The number of ether oxygens (including phenoxy) is 1. The van der Waals surface area contributed by atoms with E-state index in [-0.39, 0.29) is 11.3 Å². The Morgan fingerprint density at radius 1 is 1.00 bits per heavy atom. The van der Waals surface area contributed by atoms with E-state index in [2.05, 4.69) is 30.8 Å². The van der Waals surface area contributed by atoms with Crippen molar-refractivity contribution >= 4 is 23.2 Å². The lowest BCUT2D eigenvalue weighted by Crippen LogP contribution is -2.20. The van der Waals surface area contributed by atoms with Crippen LogP contribution in [0.1, 0.15) is 17.5 Å². The van der Waals surface area contributed by atoms with Gasteiger partial charge in [-0.2, -0.15) is 13.2 Å². The van der Waals surface area contributed by atoms with Gasteiger partial charge in [-0.15, -0.1) is 0 Å². The number of anilines is 3. The molecule has 3 aromatic rings. The molecule has 186 valence electrons. The number of nitrogens with one attached hydrogen (secondary N) is 3. The number of halogens is 3. The van der Waals surface area contributed by atoms with Gasteiger partial charge in [0.05, 0.1) is 5.56 Å². The third kappa shape index (κ3) is 8.14. The maximum Gasteiger partial charge on any atom is 0.416 e. The quantitative estimate of drug-likeness (QED) is 0.340. The average Bonchev–Trinajstić information content (AvgIpc) is 2.79. The van der Waals surface area contributed by atoms with Gasteiger partial charge in [-0.25, -0.2) is 14.8 Å². The van der Waals surface area contributed by atoms with Crippen molar-refractivity contribution in [2.24, 2.45) is 0 Å². The molecule has 8 nitrogen and oxygen atoms in total. The molecule has 1 heterocycles. The number of carbonyl (C=O) groups excluding carboxylic acids is 1. The van der Waals surface area contributed by atoms with E-state index in [0.717, 1.165) is 25.6 Å². The zero-order chi connectivity index (χ0) is 25.4. The molecule has 0 saturated carbocycles. The van der Waals surface area contributed by atoms with Crippen molar-refractivity contribution in [2.75, 3.05) is 43.1 Å². The molecule has 1 aromatic heterocycles. The highest BCUT2D eigenvalue weighted by Gasteiger charge is 2.32. The van der Waals surface area contributed by atoms with E-state index in [1.165, 1.54) is 25.4 Å². The summed E-state index contributed by atoms with van der Waals surface area (Å²) in [6.45, 7) is 3.08. The Kier molecular flexibility index (Phi) is 8.48. The number of carbonyl (C=O) groups is 1. The summed E-state index contributed by atoms with van der Waals surface area (Å²) in [4.78, 5) is 22.6. The van der Waals surface area contributed by atoms with Crippen LogP contribution in [0.15, 0.2) is 54.9 Å². The summed E-state index contributed by atoms with van der Waals surface area (Å²) in [6, 6.07) is 11.1. The number of aromatic nitrogens is 2. The maximum atomic E-state index is 13.1. The summed E-state index contributed by atoms with van der Waals surface area (Å²) in [6.07, 6.45) is -2.14. The minimum atomic E-state index is -4.50. The zero-order valence-electron chi connectivity index (χ0n) is 19.6. The Hall–Kier alpha value is -3.86. The van der Waals surface area contributed by atoms with Gasteiger partial charge in [-0.05, 0) is 75.9 Å². The molecule has 0 atom stereocenters. The average molecular weight is 489 g/mol. The fraction of sp³-hybridized carbons (Fsp3) is 0.292. The van der Waals surface area contributed by atoms with Crippen LogP contribution in [0.2, 0.25) is 0 Å². The first-order chi connectivity index (χ1) is 16.6. The molecular weight excluding hydrogens is 461 g/mol. The Balaban J connectivity index is 1.54. The second-order valence-corrected chi connectivity index (χ2v) is 8.06. The first-order valence-corrected chi connectivity index (χ1v) is 10.8. The molecule has 0 aliphatic heterocycles. The SMILES string of the molecule is Cc1ccc(NC(=O)Nc2ccc(Oc3cc(NCCCN(C)C)ncn3)cc2)cc1C(F)(F)F. The van der Waals surface area contributed by atoms with Crippen molar-refractivity contribution in [1.82, 2.24) is 14.9 Å². The van der Waals surface area contributed by atoms with Crippen molar-refractivity contribution in [3.8, 4) is 11.6 Å². The summed E-state index contributed by atoms with van der Waals surface area (Å²) < 4.78 is 45.0. The number of aryl methyl sites for hydroxylation is 1. The molecule has 11 heteroatoms. The van der Waals surface area contributed by atoms with Gasteiger partial charge in [0.1, 0.15) is 17.9 Å². The molecule has 3 N–H and O–H groups in total. The predicted octanol–water partition coefficient (Wildman–Crippen LogP) is 5.60. The Morgan fingerprint density at radius 2 is 1.69 bits per heavy atom. The third-order valence-electron chi connectivity index (χ3n) is 4.87. The Labute approximate surface area is 201 Å². The Bertz CT molecular complexity index is 1140. The summed E-state index contributed by atoms with van der Waals surface area (Å²) in [5.41, 5.74) is -0.248. The van der Waals surface area contributed by atoms with Crippen molar-refractivity contribution in [3.05, 3.63) is 66.0 Å². The van der Waals surface area contributed by atoms with E-state index >= 15 is 0 Å². The second-order valence-electron chi connectivity index (χ2n) is 8.06. The topological polar surface area (TPSA) is 91.4 Å². The van der Waals surface area contributed by atoms with Crippen LogP contribution in [0.3, 0.4) is 0 Å². The molecule has 3 rings (SSSR count). The first kappa shape index (κ1) is 25.8. The fourth-order valence-corrected chi connectivity index (χ4v) is 3.13. The van der Waals surface area contributed by atoms with Gasteiger partial charge in [0, 0.05) is 24.0 Å². The molecule has 2 aromatic carbocycles. The van der Waals surface area contributed by atoms with Crippen LogP contribution in [0.25, 0.3) is 0 Å². The monoisotopic (exact) mass is 488 g/mol.